The smallest absolute Gasteiger partial charge is 0.301 e. The van der Waals surface area contributed by atoms with E-state index in [4.69, 9.17) is 22.0 Å². The Labute approximate surface area is 235 Å². The molecule has 1 unspecified atom stereocenters. The van der Waals surface area contributed by atoms with Crippen molar-refractivity contribution < 1.29 is 28.9 Å². The molecule has 2 atom stereocenters. The second kappa shape index (κ2) is 11.9. The van der Waals surface area contributed by atoms with Crippen LogP contribution in [-0.4, -0.2) is 67.9 Å². The zero-order valence-electron chi connectivity index (χ0n) is 20.7. The van der Waals surface area contributed by atoms with E-state index in [0.29, 0.717) is 23.1 Å². The van der Waals surface area contributed by atoms with Crippen LogP contribution >= 0.6 is 34.9 Å². The Morgan fingerprint density at radius 2 is 2.18 bits per heavy atom. The maximum Gasteiger partial charge on any atom is 0.301 e. The first kappa shape index (κ1) is 28.2. The van der Waals surface area contributed by atoms with E-state index in [1.165, 1.54) is 29.6 Å². The number of carbonyl (C=O) groups excluding carboxylic acids is 3. The topological polar surface area (TPSA) is 219 Å². The van der Waals surface area contributed by atoms with Gasteiger partial charge >= 0.3 is 5.16 Å². The third-order valence-electron chi connectivity index (χ3n) is 5.54. The van der Waals surface area contributed by atoms with Gasteiger partial charge in [0.1, 0.15) is 23.7 Å². The Bertz CT molecular complexity index is 1390. The Hall–Kier alpha value is -3.83. The van der Waals surface area contributed by atoms with Gasteiger partial charge in [-0.15, -0.1) is 23.1 Å². The fourth-order valence-electron chi connectivity index (χ4n) is 3.84. The van der Waals surface area contributed by atoms with Crippen LogP contribution in [0.25, 0.3) is 0 Å². The highest BCUT2D eigenvalue weighted by Crippen LogP contribution is 2.41. The minimum absolute atomic E-state index is 0.147. The summed E-state index contributed by atoms with van der Waals surface area (Å²) in [4.78, 5) is 52.7. The molecule has 0 saturated carbocycles. The van der Waals surface area contributed by atoms with Gasteiger partial charge in [0.2, 0.25) is 11.6 Å². The number of nitrogens with zero attached hydrogens (tertiary/aromatic N) is 5. The number of aliphatic carboxylic acids is 1. The Morgan fingerprint density at radius 1 is 1.41 bits per heavy atom. The molecule has 4 rings (SSSR count). The molecule has 2 aliphatic rings. The van der Waals surface area contributed by atoms with Gasteiger partial charge in [-0.05, 0) is 24.3 Å². The fraction of sp³-hybridized carbons (Fsp3) is 0.318. The number of oxime groups is 1. The predicted octanol–water partition coefficient (Wildman–Crippen LogP) is -1.30. The molecule has 0 aromatic carbocycles. The minimum atomic E-state index is -1.50. The van der Waals surface area contributed by atoms with Crippen LogP contribution in [0.5, 0.6) is 0 Å². The molecular formula is C22H25N9O5S3. The number of amides is 2. The first-order valence-electron chi connectivity index (χ1n) is 11.5. The lowest BCUT2D eigenvalue weighted by molar-refractivity contribution is -0.713. The number of anilines is 3. The average Bonchev–Trinajstić information content (AvgIpc) is 3.32. The molecule has 0 aliphatic carbocycles. The highest BCUT2D eigenvalue weighted by Gasteiger charge is 2.53. The van der Waals surface area contributed by atoms with Crippen molar-refractivity contribution in [2.45, 2.75) is 30.0 Å². The number of hydrogen-bond donors (Lipinski definition) is 4. The third-order valence-corrected chi connectivity index (χ3v) is 8.62. The first-order chi connectivity index (χ1) is 18.7. The van der Waals surface area contributed by atoms with E-state index in [1.807, 2.05) is 0 Å². The highest BCUT2D eigenvalue weighted by molar-refractivity contribution is 8.01. The van der Waals surface area contributed by atoms with Crippen LogP contribution in [0.2, 0.25) is 0 Å². The second-order valence-corrected chi connectivity index (χ2v) is 11.0. The first-order valence-corrected chi connectivity index (χ1v) is 14.4. The second-order valence-electron chi connectivity index (χ2n) is 8.11. The molecule has 0 radical (unpaired) electrons. The van der Waals surface area contributed by atoms with Gasteiger partial charge in [0.05, 0.1) is 24.3 Å². The molecule has 2 aromatic heterocycles. The number of β-lactam (4-membered cyclic amide) rings is 1. The van der Waals surface area contributed by atoms with Crippen molar-refractivity contribution in [1.29, 1.82) is 0 Å². The van der Waals surface area contributed by atoms with Crippen LogP contribution in [0.15, 0.2) is 45.7 Å². The maximum atomic E-state index is 13.1. The van der Waals surface area contributed by atoms with Crippen LogP contribution < -0.4 is 32.2 Å². The highest BCUT2D eigenvalue weighted by atomic mass is 32.2. The number of carboxylic acid groups (broad SMARTS) is 1. The van der Waals surface area contributed by atoms with Crippen LogP contribution in [0.1, 0.15) is 12.6 Å². The van der Waals surface area contributed by atoms with Gasteiger partial charge in [0, 0.05) is 16.9 Å². The normalized spacial score (nSPS) is 18.8. The molecule has 17 heteroatoms. The number of nitrogen functional groups attached to an aromatic ring is 3. The summed E-state index contributed by atoms with van der Waals surface area (Å²) in [5, 5.41) is 20.2. The number of aromatic nitrogens is 3. The number of thiazole rings is 1. The molecule has 2 aliphatic heterocycles. The summed E-state index contributed by atoms with van der Waals surface area (Å²) in [5.74, 6) is -1.74. The van der Waals surface area contributed by atoms with Gasteiger partial charge in [-0.2, -0.15) is 0 Å². The molecule has 0 bridgehead atoms. The van der Waals surface area contributed by atoms with Crippen molar-refractivity contribution in [1.82, 2.24) is 20.2 Å². The summed E-state index contributed by atoms with van der Waals surface area (Å²) >= 11 is 3.65. The lowest BCUT2D eigenvalue weighted by atomic mass is 10.0. The van der Waals surface area contributed by atoms with Crippen LogP contribution in [0.4, 0.5) is 16.8 Å². The van der Waals surface area contributed by atoms with E-state index in [1.54, 1.807) is 22.9 Å². The molecule has 1 fully saturated rings. The molecule has 39 heavy (non-hydrogen) atoms. The minimum Gasteiger partial charge on any atom is -0.543 e. The molecule has 206 valence electrons. The summed E-state index contributed by atoms with van der Waals surface area (Å²) in [6.07, 6.45) is 1.65. The number of rotatable bonds is 11. The zero-order chi connectivity index (χ0) is 28.3. The van der Waals surface area contributed by atoms with Crippen LogP contribution in [0, 0.1) is 0 Å². The summed E-state index contributed by atoms with van der Waals surface area (Å²) in [7, 11) is 0. The van der Waals surface area contributed by atoms with E-state index in [-0.39, 0.29) is 46.2 Å². The van der Waals surface area contributed by atoms with Crippen molar-refractivity contribution in [3.63, 3.8) is 0 Å². The van der Waals surface area contributed by atoms with Gasteiger partial charge in [-0.1, -0.05) is 22.8 Å². The van der Waals surface area contributed by atoms with E-state index >= 15 is 0 Å². The standard InChI is InChI=1S/C22H25N9O5S3/c1-3-5-30-13(24)6-12(23)27-22(30)39-8-10-7-37-19-15(18(33)31(19)16(10)20(34)35)28-17(32)14(29-36-4-2)11-9-38-21(25)26-11/h3,6,9,15,19H,1,4-5,7-8H2,2H3,(H7,23,24,25,26,28,32,34,35)/b29-14-/t15?,19-/m1/s1. The molecule has 2 aromatic rings. The van der Waals surface area contributed by atoms with Gasteiger partial charge in [-0.3, -0.25) is 14.5 Å². The van der Waals surface area contributed by atoms with Crippen LogP contribution in [-0.2, 0) is 25.8 Å². The molecule has 1 saturated heterocycles. The Balaban J connectivity index is 1.52. The van der Waals surface area contributed by atoms with Gasteiger partial charge in [-0.25, -0.2) is 9.55 Å². The van der Waals surface area contributed by atoms with Gasteiger partial charge in [0.15, 0.2) is 10.8 Å². The molecule has 4 heterocycles. The Morgan fingerprint density at radius 3 is 2.82 bits per heavy atom. The van der Waals surface area contributed by atoms with Crippen molar-refractivity contribution in [2.24, 2.45) is 5.16 Å². The lowest BCUT2D eigenvalue weighted by Gasteiger charge is -2.50. The third kappa shape index (κ3) is 5.79. The van der Waals surface area contributed by atoms with Gasteiger partial charge in [0.25, 0.3) is 11.8 Å². The summed E-state index contributed by atoms with van der Waals surface area (Å²) in [6, 6.07) is 0.528. The monoisotopic (exact) mass is 591 g/mol. The number of nitrogens with one attached hydrogen (secondary N) is 1. The zero-order valence-corrected chi connectivity index (χ0v) is 23.1. The number of fused-ring (bicyclic) bond motifs is 1. The van der Waals surface area contributed by atoms with E-state index in [2.05, 4.69) is 27.0 Å². The number of nitrogens with two attached hydrogens (primary N) is 3. The molecular weight excluding hydrogens is 567 g/mol. The number of allylic oxidation sites excluding steroid dienone is 1. The SMILES string of the molecule is C=CC[n+]1c(N)cc(N)nc1SCC1=C(C(=O)[O-])N2C(=O)C(NC(=O)/C(=N\OCC)c3csc(N)n3)[C@H]2SC1. The molecule has 2 amide bonds. The summed E-state index contributed by atoms with van der Waals surface area (Å²) in [6.45, 7) is 5.99. The molecule has 7 N–H and O–H groups in total. The van der Waals surface area contributed by atoms with Crippen molar-refractivity contribution >= 4 is 75.1 Å². The van der Waals surface area contributed by atoms with E-state index in [0.717, 1.165) is 16.2 Å². The number of carbonyl (C=O) groups is 3. The lowest BCUT2D eigenvalue weighted by Crippen LogP contribution is -2.71. The molecule has 0 spiro atoms. The van der Waals surface area contributed by atoms with E-state index < -0.39 is 29.2 Å². The molecule has 14 nitrogen and oxygen atoms in total. The van der Waals surface area contributed by atoms with Crippen LogP contribution in [0.3, 0.4) is 0 Å². The quantitative estimate of drug-likeness (QED) is 0.0455. The maximum absolute atomic E-state index is 13.1. The number of thioether (sulfide) groups is 2. The number of carboxylic acids is 1. The fourth-order valence-corrected chi connectivity index (χ4v) is 6.91. The van der Waals surface area contributed by atoms with E-state index in [9.17, 15) is 19.5 Å². The predicted molar refractivity (Wildman–Crippen MR) is 146 cm³/mol. The number of hydrogen-bond acceptors (Lipinski definition) is 14. The average molecular weight is 592 g/mol. The van der Waals surface area contributed by atoms with Crippen molar-refractivity contribution in [3.8, 4) is 0 Å². The summed E-state index contributed by atoms with van der Waals surface area (Å²) in [5.41, 5.74) is 17.8. The Kier molecular flexibility index (Phi) is 8.61. The largest absolute Gasteiger partial charge is 0.543 e. The summed E-state index contributed by atoms with van der Waals surface area (Å²) < 4.78 is 1.68. The van der Waals surface area contributed by atoms with Crippen molar-refractivity contribution in [3.05, 3.63) is 41.1 Å². The van der Waals surface area contributed by atoms with Crippen molar-refractivity contribution in [2.75, 3.05) is 35.3 Å². The van der Waals surface area contributed by atoms with Gasteiger partial charge < -0.3 is 37.3 Å².